The van der Waals surface area contributed by atoms with E-state index in [9.17, 15) is 9.50 Å². The van der Waals surface area contributed by atoms with E-state index in [1.807, 2.05) is 6.92 Å². The molecule has 4 heteroatoms. The summed E-state index contributed by atoms with van der Waals surface area (Å²) in [5, 5.41) is 13.0. The Bertz CT molecular complexity index is 341. The van der Waals surface area contributed by atoms with Crippen LogP contribution in [0.5, 0.6) is 0 Å². The Kier molecular flexibility index (Phi) is 3.51. The summed E-state index contributed by atoms with van der Waals surface area (Å²) in [4.78, 5) is 4.03. The summed E-state index contributed by atoms with van der Waals surface area (Å²) >= 11 is 0. The second-order valence-electron chi connectivity index (χ2n) is 4.39. The van der Waals surface area contributed by atoms with E-state index in [1.54, 1.807) is 6.07 Å². The second-order valence-corrected chi connectivity index (χ2v) is 4.39. The van der Waals surface area contributed by atoms with Crippen molar-refractivity contribution in [1.82, 2.24) is 10.3 Å². The van der Waals surface area contributed by atoms with Gasteiger partial charge in [-0.3, -0.25) is 4.98 Å². The summed E-state index contributed by atoms with van der Waals surface area (Å²) in [5.41, 5.74) is 0.806. The van der Waals surface area contributed by atoms with Crippen LogP contribution in [0.2, 0.25) is 0 Å². The molecule has 2 N–H and O–H groups in total. The first-order valence-electron chi connectivity index (χ1n) is 5.72. The monoisotopic (exact) mass is 224 g/mol. The molecule has 16 heavy (non-hydrogen) atoms. The van der Waals surface area contributed by atoms with Crippen molar-refractivity contribution in [2.24, 2.45) is 0 Å². The van der Waals surface area contributed by atoms with Crippen LogP contribution >= 0.6 is 0 Å². The normalized spacial score (nSPS) is 26.9. The standard InChI is InChI=1S/C12H17FN2O/c1-8(10-6-5-9(13)7-14-10)15-11-3-2-4-12(11)16/h5-8,11-12,15-16H,2-4H2,1H3. The molecule has 1 aliphatic rings. The molecule has 0 aliphatic heterocycles. The van der Waals surface area contributed by atoms with Crippen LogP contribution in [0.25, 0.3) is 0 Å². The van der Waals surface area contributed by atoms with Crippen molar-refractivity contribution in [2.75, 3.05) is 0 Å². The van der Waals surface area contributed by atoms with Crippen molar-refractivity contribution in [1.29, 1.82) is 0 Å². The highest BCUT2D eigenvalue weighted by atomic mass is 19.1. The van der Waals surface area contributed by atoms with Gasteiger partial charge in [0.25, 0.3) is 0 Å². The molecular weight excluding hydrogens is 207 g/mol. The van der Waals surface area contributed by atoms with Gasteiger partial charge in [-0.1, -0.05) is 0 Å². The average Bonchev–Trinajstić information content (AvgIpc) is 2.65. The minimum Gasteiger partial charge on any atom is -0.392 e. The maximum atomic E-state index is 12.7. The predicted octanol–water partition coefficient (Wildman–Crippen LogP) is 1.78. The van der Waals surface area contributed by atoms with Gasteiger partial charge in [-0.05, 0) is 38.3 Å². The molecule has 2 rings (SSSR count). The number of rotatable bonds is 3. The number of aromatic nitrogens is 1. The lowest BCUT2D eigenvalue weighted by Gasteiger charge is -2.21. The summed E-state index contributed by atoms with van der Waals surface area (Å²) in [7, 11) is 0. The van der Waals surface area contributed by atoms with Gasteiger partial charge in [0.15, 0.2) is 0 Å². The van der Waals surface area contributed by atoms with Crippen LogP contribution in [0, 0.1) is 5.82 Å². The molecule has 0 bridgehead atoms. The van der Waals surface area contributed by atoms with Crippen LogP contribution < -0.4 is 5.32 Å². The highest BCUT2D eigenvalue weighted by Gasteiger charge is 2.26. The fourth-order valence-electron chi connectivity index (χ4n) is 2.18. The maximum absolute atomic E-state index is 12.7. The molecule has 1 aromatic heterocycles. The number of aliphatic hydroxyl groups excluding tert-OH is 1. The number of hydrogen-bond donors (Lipinski definition) is 2. The Balaban J connectivity index is 1.97. The van der Waals surface area contributed by atoms with Crippen molar-refractivity contribution < 1.29 is 9.50 Å². The van der Waals surface area contributed by atoms with Crippen LogP contribution in [0.15, 0.2) is 18.3 Å². The minimum absolute atomic E-state index is 0.0401. The van der Waals surface area contributed by atoms with E-state index < -0.39 is 0 Å². The lowest BCUT2D eigenvalue weighted by atomic mass is 10.1. The Morgan fingerprint density at radius 2 is 2.31 bits per heavy atom. The first kappa shape index (κ1) is 11.5. The van der Waals surface area contributed by atoms with Gasteiger partial charge in [0.1, 0.15) is 5.82 Å². The van der Waals surface area contributed by atoms with E-state index in [-0.39, 0.29) is 24.0 Å². The SMILES string of the molecule is CC(NC1CCCC1O)c1ccc(F)cn1. The van der Waals surface area contributed by atoms with Crippen LogP contribution in [-0.2, 0) is 0 Å². The van der Waals surface area contributed by atoms with E-state index in [0.717, 1.165) is 25.0 Å². The summed E-state index contributed by atoms with van der Waals surface area (Å²) < 4.78 is 12.7. The molecule has 1 aromatic rings. The zero-order valence-electron chi connectivity index (χ0n) is 9.36. The Hall–Kier alpha value is -1.00. The fourth-order valence-corrected chi connectivity index (χ4v) is 2.18. The first-order valence-corrected chi connectivity index (χ1v) is 5.72. The maximum Gasteiger partial charge on any atom is 0.141 e. The van der Waals surface area contributed by atoms with E-state index in [1.165, 1.54) is 12.3 Å². The molecule has 1 fully saturated rings. The van der Waals surface area contributed by atoms with Gasteiger partial charge in [-0.25, -0.2) is 4.39 Å². The topological polar surface area (TPSA) is 45.1 Å². The van der Waals surface area contributed by atoms with Gasteiger partial charge in [-0.2, -0.15) is 0 Å². The molecule has 1 heterocycles. The predicted molar refractivity (Wildman–Crippen MR) is 59.4 cm³/mol. The van der Waals surface area contributed by atoms with Crippen LogP contribution in [0.3, 0.4) is 0 Å². The van der Waals surface area contributed by atoms with Crippen molar-refractivity contribution >= 4 is 0 Å². The summed E-state index contributed by atoms with van der Waals surface area (Å²) in [6.07, 6.45) is 3.87. The molecular formula is C12H17FN2O. The third-order valence-corrected chi connectivity index (χ3v) is 3.14. The molecule has 0 amide bonds. The van der Waals surface area contributed by atoms with Crippen LogP contribution in [0.1, 0.15) is 37.9 Å². The zero-order valence-corrected chi connectivity index (χ0v) is 9.36. The minimum atomic E-state index is -0.322. The molecule has 88 valence electrons. The quantitative estimate of drug-likeness (QED) is 0.822. The van der Waals surface area contributed by atoms with E-state index in [2.05, 4.69) is 10.3 Å². The number of nitrogens with one attached hydrogen (secondary N) is 1. The van der Waals surface area contributed by atoms with E-state index >= 15 is 0 Å². The molecule has 3 unspecified atom stereocenters. The van der Waals surface area contributed by atoms with Crippen LogP contribution in [-0.4, -0.2) is 22.2 Å². The molecule has 1 aliphatic carbocycles. The smallest absolute Gasteiger partial charge is 0.141 e. The number of pyridine rings is 1. The number of hydrogen-bond acceptors (Lipinski definition) is 3. The fraction of sp³-hybridized carbons (Fsp3) is 0.583. The van der Waals surface area contributed by atoms with Crippen molar-refractivity contribution in [3.63, 3.8) is 0 Å². The largest absolute Gasteiger partial charge is 0.392 e. The van der Waals surface area contributed by atoms with E-state index in [4.69, 9.17) is 0 Å². The van der Waals surface area contributed by atoms with Gasteiger partial charge < -0.3 is 10.4 Å². The summed E-state index contributed by atoms with van der Waals surface area (Å²) in [5.74, 6) is -0.322. The van der Waals surface area contributed by atoms with Gasteiger partial charge in [0, 0.05) is 12.1 Å². The lowest BCUT2D eigenvalue weighted by Crippen LogP contribution is -2.37. The number of aliphatic hydroxyl groups is 1. The van der Waals surface area contributed by atoms with Gasteiger partial charge in [0.05, 0.1) is 18.0 Å². The lowest BCUT2D eigenvalue weighted by molar-refractivity contribution is 0.143. The molecule has 0 saturated heterocycles. The molecule has 3 nitrogen and oxygen atoms in total. The van der Waals surface area contributed by atoms with Crippen molar-refractivity contribution in [3.8, 4) is 0 Å². The molecule has 1 saturated carbocycles. The molecule has 0 aromatic carbocycles. The van der Waals surface area contributed by atoms with E-state index in [0.29, 0.717) is 0 Å². The average molecular weight is 224 g/mol. The highest BCUT2D eigenvalue weighted by molar-refractivity contribution is 5.09. The second kappa shape index (κ2) is 4.89. The van der Waals surface area contributed by atoms with Crippen molar-refractivity contribution in [2.45, 2.75) is 44.4 Å². The Morgan fingerprint density at radius 3 is 2.88 bits per heavy atom. The van der Waals surface area contributed by atoms with Gasteiger partial charge in [0.2, 0.25) is 0 Å². The molecule has 0 radical (unpaired) electrons. The molecule has 3 atom stereocenters. The van der Waals surface area contributed by atoms with Crippen molar-refractivity contribution in [3.05, 3.63) is 29.8 Å². The summed E-state index contributed by atoms with van der Waals surface area (Å²) in [6, 6.07) is 3.26. The van der Waals surface area contributed by atoms with Gasteiger partial charge in [-0.15, -0.1) is 0 Å². The third-order valence-electron chi connectivity index (χ3n) is 3.14. The van der Waals surface area contributed by atoms with Gasteiger partial charge >= 0.3 is 0 Å². The Morgan fingerprint density at radius 1 is 1.50 bits per heavy atom. The summed E-state index contributed by atoms with van der Waals surface area (Å²) in [6.45, 7) is 1.98. The number of nitrogens with zero attached hydrogens (tertiary/aromatic N) is 1. The first-order chi connectivity index (χ1) is 7.66. The zero-order chi connectivity index (χ0) is 11.5. The molecule has 0 spiro atoms. The Labute approximate surface area is 94.7 Å². The van der Waals surface area contributed by atoms with Crippen LogP contribution in [0.4, 0.5) is 4.39 Å². The third kappa shape index (κ3) is 2.57. The number of halogens is 1. The highest BCUT2D eigenvalue weighted by Crippen LogP contribution is 2.21.